The summed E-state index contributed by atoms with van der Waals surface area (Å²) in [5.74, 6) is -0.757. The molecule has 0 bridgehead atoms. The van der Waals surface area contributed by atoms with E-state index in [-0.39, 0.29) is 23.2 Å². The van der Waals surface area contributed by atoms with Crippen LogP contribution in [-0.4, -0.2) is 44.4 Å². The third-order valence-corrected chi connectivity index (χ3v) is 5.68. The summed E-state index contributed by atoms with van der Waals surface area (Å²) in [6, 6.07) is 3.20. The van der Waals surface area contributed by atoms with E-state index in [1.807, 2.05) is 0 Å². The predicted molar refractivity (Wildman–Crippen MR) is 105 cm³/mol. The van der Waals surface area contributed by atoms with Gasteiger partial charge in [0.1, 0.15) is 23.2 Å². The second-order valence-corrected chi connectivity index (χ2v) is 8.08. The molecule has 0 saturated carbocycles. The molecule has 1 aliphatic heterocycles. The number of hydrogen-bond donors (Lipinski definition) is 1. The highest BCUT2D eigenvalue weighted by atomic mass is 32.1. The van der Waals surface area contributed by atoms with Gasteiger partial charge in [0.2, 0.25) is 11.9 Å². The van der Waals surface area contributed by atoms with Crippen LogP contribution >= 0.6 is 11.3 Å². The molecular weight excluding hydrogens is 400 g/mol. The fraction of sp³-hybridized carbons (Fsp3) is 0.368. The zero-order chi connectivity index (χ0) is 20.5. The van der Waals surface area contributed by atoms with Crippen molar-refractivity contribution in [2.45, 2.75) is 39.0 Å². The molecule has 4 rings (SSSR count). The molecule has 4 heterocycles. The van der Waals surface area contributed by atoms with Crippen LogP contribution in [-0.2, 0) is 11.3 Å². The van der Waals surface area contributed by atoms with E-state index in [0.717, 1.165) is 24.0 Å². The van der Waals surface area contributed by atoms with E-state index in [1.54, 1.807) is 12.3 Å². The molecule has 2 atom stereocenters. The molecular formula is C19H19F2N5O2S. The van der Waals surface area contributed by atoms with Crippen molar-refractivity contribution < 1.29 is 18.3 Å². The van der Waals surface area contributed by atoms with Crippen LogP contribution in [0.4, 0.5) is 13.9 Å². The minimum Gasteiger partial charge on any atom is -0.487 e. The molecule has 1 fully saturated rings. The number of halogens is 2. The summed E-state index contributed by atoms with van der Waals surface area (Å²) in [7, 11) is 0. The van der Waals surface area contributed by atoms with Crippen molar-refractivity contribution in [3.05, 3.63) is 41.2 Å². The fourth-order valence-electron chi connectivity index (χ4n) is 3.43. The van der Waals surface area contributed by atoms with Crippen molar-refractivity contribution in [1.29, 1.82) is 0 Å². The molecule has 29 heavy (non-hydrogen) atoms. The molecule has 3 aromatic heterocycles. The number of nitrogens with one attached hydrogen (secondary N) is 1. The van der Waals surface area contributed by atoms with E-state index in [0.29, 0.717) is 34.7 Å². The van der Waals surface area contributed by atoms with Gasteiger partial charge in [-0.2, -0.15) is 9.37 Å². The van der Waals surface area contributed by atoms with Gasteiger partial charge < -0.3 is 10.1 Å². The molecule has 1 aliphatic rings. The molecule has 0 spiro atoms. The van der Waals surface area contributed by atoms with Gasteiger partial charge in [-0.3, -0.25) is 14.7 Å². The van der Waals surface area contributed by atoms with Crippen LogP contribution in [0.2, 0.25) is 0 Å². The van der Waals surface area contributed by atoms with E-state index in [9.17, 15) is 13.6 Å². The van der Waals surface area contributed by atoms with Gasteiger partial charge in [-0.05, 0) is 6.92 Å². The number of aromatic nitrogens is 3. The number of likely N-dealkylation sites (tertiary alicyclic amines) is 1. The third kappa shape index (κ3) is 4.33. The highest BCUT2D eigenvalue weighted by molar-refractivity contribution is 7.15. The summed E-state index contributed by atoms with van der Waals surface area (Å²) < 4.78 is 33.6. The van der Waals surface area contributed by atoms with Gasteiger partial charge in [0, 0.05) is 50.8 Å². The average Bonchev–Trinajstić information content (AvgIpc) is 3.16. The molecule has 1 amide bonds. The summed E-state index contributed by atoms with van der Waals surface area (Å²) in [6.07, 6.45) is 3.34. The van der Waals surface area contributed by atoms with Crippen LogP contribution in [0.25, 0.3) is 11.0 Å². The summed E-state index contributed by atoms with van der Waals surface area (Å²) in [4.78, 5) is 25.7. The van der Waals surface area contributed by atoms with Crippen LogP contribution in [0.1, 0.15) is 25.1 Å². The Morgan fingerprint density at radius 3 is 3.03 bits per heavy atom. The largest absolute Gasteiger partial charge is 0.487 e. The standard InChI is InChI=1S/C19H19F2N5O2S/c1-10-5-13(28-15-3-4-22-14-6-12(20)7-23-17(14)15)8-26(10)9-16-18(21)25-19(29-16)24-11(2)27/h3-4,6-7,10,13H,5,8-9H2,1-2H3,(H,24,25,27)/t10-,13+/m0/s1. The zero-order valence-electron chi connectivity index (χ0n) is 15.9. The lowest BCUT2D eigenvalue weighted by Gasteiger charge is -2.19. The van der Waals surface area contributed by atoms with Crippen LogP contribution in [0.5, 0.6) is 5.75 Å². The van der Waals surface area contributed by atoms with E-state index in [2.05, 4.69) is 32.1 Å². The maximum Gasteiger partial charge on any atom is 0.230 e. The Labute approximate surface area is 169 Å². The average molecular weight is 419 g/mol. The molecule has 0 aromatic carbocycles. The SMILES string of the molecule is CC(=O)Nc1nc(F)c(CN2C[C@H](Oc3ccnc4cc(F)cnc34)C[C@@H]2C)s1. The summed E-state index contributed by atoms with van der Waals surface area (Å²) in [5.41, 5.74) is 0.941. The van der Waals surface area contributed by atoms with Gasteiger partial charge in [0.05, 0.1) is 16.6 Å². The molecule has 0 radical (unpaired) electrons. The lowest BCUT2D eigenvalue weighted by atomic mass is 10.2. The minimum absolute atomic E-state index is 0.117. The van der Waals surface area contributed by atoms with Crippen LogP contribution < -0.4 is 10.1 Å². The number of thiazole rings is 1. The van der Waals surface area contributed by atoms with E-state index in [4.69, 9.17) is 4.74 Å². The van der Waals surface area contributed by atoms with Crippen molar-refractivity contribution in [1.82, 2.24) is 19.9 Å². The monoisotopic (exact) mass is 419 g/mol. The van der Waals surface area contributed by atoms with Crippen molar-refractivity contribution in [2.75, 3.05) is 11.9 Å². The number of pyridine rings is 2. The third-order valence-electron chi connectivity index (χ3n) is 4.75. The van der Waals surface area contributed by atoms with Gasteiger partial charge in [-0.15, -0.1) is 0 Å². The number of anilines is 1. The summed E-state index contributed by atoms with van der Waals surface area (Å²) in [6.45, 7) is 4.38. The normalized spacial score (nSPS) is 19.6. The highest BCUT2D eigenvalue weighted by Gasteiger charge is 2.32. The fourth-order valence-corrected chi connectivity index (χ4v) is 4.34. The Bertz CT molecular complexity index is 1060. The summed E-state index contributed by atoms with van der Waals surface area (Å²) >= 11 is 1.13. The smallest absolute Gasteiger partial charge is 0.230 e. The molecule has 0 unspecified atom stereocenters. The van der Waals surface area contributed by atoms with E-state index in [1.165, 1.54) is 13.0 Å². The van der Waals surface area contributed by atoms with Crippen LogP contribution in [0, 0.1) is 11.8 Å². The van der Waals surface area contributed by atoms with Gasteiger partial charge in [0.25, 0.3) is 0 Å². The maximum atomic E-state index is 14.1. The lowest BCUT2D eigenvalue weighted by molar-refractivity contribution is -0.114. The first-order valence-corrected chi connectivity index (χ1v) is 9.94. The minimum atomic E-state index is -0.568. The van der Waals surface area contributed by atoms with E-state index < -0.39 is 11.8 Å². The number of fused-ring (bicyclic) bond motifs is 1. The second kappa shape index (κ2) is 7.96. The second-order valence-electron chi connectivity index (χ2n) is 7.00. The summed E-state index contributed by atoms with van der Waals surface area (Å²) in [5, 5.41) is 2.77. The molecule has 10 heteroatoms. The number of nitrogens with zero attached hydrogens (tertiary/aromatic N) is 4. The first-order chi connectivity index (χ1) is 13.9. The number of rotatable bonds is 5. The first-order valence-electron chi connectivity index (χ1n) is 9.13. The van der Waals surface area contributed by atoms with Gasteiger partial charge in [0.15, 0.2) is 5.13 Å². The molecule has 7 nitrogen and oxygen atoms in total. The Kier molecular flexibility index (Phi) is 5.37. The van der Waals surface area contributed by atoms with E-state index >= 15 is 0 Å². The van der Waals surface area contributed by atoms with Crippen molar-refractivity contribution in [2.24, 2.45) is 0 Å². The molecule has 152 valence electrons. The number of carbonyl (C=O) groups excluding carboxylic acids is 1. The number of hydrogen-bond acceptors (Lipinski definition) is 7. The highest BCUT2D eigenvalue weighted by Crippen LogP contribution is 2.30. The van der Waals surface area contributed by atoms with Crippen molar-refractivity contribution in [3.63, 3.8) is 0 Å². The molecule has 1 N–H and O–H groups in total. The number of ether oxygens (including phenoxy) is 1. The van der Waals surface area contributed by atoms with Gasteiger partial charge in [-0.1, -0.05) is 11.3 Å². The Hall–Kier alpha value is -2.72. The van der Waals surface area contributed by atoms with Gasteiger partial charge >= 0.3 is 0 Å². The maximum absolute atomic E-state index is 14.1. The zero-order valence-corrected chi connectivity index (χ0v) is 16.7. The van der Waals surface area contributed by atoms with Crippen LogP contribution in [0.3, 0.4) is 0 Å². The predicted octanol–water partition coefficient (Wildman–Crippen LogP) is 3.36. The Morgan fingerprint density at radius 2 is 2.24 bits per heavy atom. The lowest BCUT2D eigenvalue weighted by Crippen LogP contribution is -2.28. The molecule has 3 aromatic rings. The Balaban J connectivity index is 1.46. The van der Waals surface area contributed by atoms with Gasteiger partial charge in [-0.25, -0.2) is 9.37 Å². The first kappa shape index (κ1) is 19.6. The number of carbonyl (C=O) groups is 1. The van der Waals surface area contributed by atoms with Crippen molar-refractivity contribution >= 4 is 33.4 Å². The van der Waals surface area contributed by atoms with Crippen molar-refractivity contribution in [3.8, 4) is 5.75 Å². The topological polar surface area (TPSA) is 80.2 Å². The number of amides is 1. The quantitative estimate of drug-likeness (QED) is 0.683. The Morgan fingerprint density at radius 1 is 1.41 bits per heavy atom. The molecule has 0 aliphatic carbocycles. The molecule has 1 saturated heterocycles. The van der Waals surface area contributed by atoms with Crippen LogP contribution in [0.15, 0.2) is 24.5 Å².